The predicted molar refractivity (Wildman–Crippen MR) is 122 cm³/mol. The zero-order valence-corrected chi connectivity index (χ0v) is 18.7. The Labute approximate surface area is 184 Å². The number of aryl methyl sites for hydroxylation is 2. The summed E-state index contributed by atoms with van der Waals surface area (Å²) in [6.45, 7) is 6.43. The van der Waals surface area contributed by atoms with E-state index in [1.807, 2.05) is 30.0 Å². The summed E-state index contributed by atoms with van der Waals surface area (Å²) in [5.74, 6) is -0.123. The van der Waals surface area contributed by atoms with E-state index >= 15 is 0 Å². The molecule has 31 heavy (non-hydrogen) atoms. The summed E-state index contributed by atoms with van der Waals surface area (Å²) in [5.41, 5.74) is 3.15. The van der Waals surface area contributed by atoms with Gasteiger partial charge in [0.1, 0.15) is 5.56 Å². The quantitative estimate of drug-likeness (QED) is 0.717. The van der Waals surface area contributed by atoms with E-state index < -0.39 is 0 Å². The maximum absolute atomic E-state index is 13.5. The van der Waals surface area contributed by atoms with Gasteiger partial charge in [-0.05, 0) is 45.2 Å². The molecule has 1 atom stereocenters. The molecule has 3 heterocycles. The Morgan fingerprint density at radius 2 is 1.84 bits per heavy atom. The number of rotatable bonds is 6. The standard InChI is InChI=1S/C25H33N3O3/c1-19-17-23(29)24(25(30)27-14-12-26(2)13-15-27)22(11-10-20-7-4-3-5-8-20)28(19)18-21-9-6-16-31-21/h3-5,7-8,17,21H,6,9-16,18H2,1-2H3/t21-/m0/s1. The van der Waals surface area contributed by atoms with Crippen LogP contribution in [-0.2, 0) is 24.1 Å². The number of benzene rings is 1. The smallest absolute Gasteiger partial charge is 0.259 e. The number of hydrogen-bond acceptors (Lipinski definition) is 4. The Balaban J connectivity index is 1.70. The van der Waals surface area contributed by atoms with Crippen LogP contribution < -0.4 is 5.43 Å². The molecule has 0 aliphatic carbocycles. The van der Waals surface area contributed by atoms with Crippen molar-refractivity contribution in [2.24, 2.45) is 0 Å². The van der Waals surface area contributed by atoms with Crippen LogP contribution in [-0.4, -0.2) is 66.2 Å². The van der Waals surface area contributed by atoms with E-state index in [2.05, 4.69) is 28.6 Å². The molecule has 0 radical (unpaired) electrons. The van der Waals surface area contributed by atoms with Crippen molar-refractivity contribution in [3.63, 3.8) is 0 Å². The Kier molecular flexibility index (Phi) is 6.88. The maximum Gasteiger partial charge on any atom is 0.259 e. The molecule has 0 spiro atoms. The summed E-state index contributed by atoms with van der Waals surface area (Å²) in [6.07, 6.45) is 3.67. The number of likely N-dealkylation sites (N-methyl/N-ethyl adjacent to an activating group) is 1. The van der Waals surface area contributed by atoms with E-state index in [1.165, 1.54) is 5.56 Å². The van der Waals surface area contributed by atoms with Crippen LogP contribution in [0.15, 0.2) is 41.2 Å². The number of carbonyl (C=O) groups is 1. The van der Waals surface area contributed by atoms with Crippen molar-refractivity contribution in [1.29, 1.82) is 0 Å². The molecule has 2 saturated heterocycles. The lowest BCUT2D eigenvalue weighted by atomic mass is 10.0. The van der Waals surface area contributed by atoms with Crippen molar-refractivity contribution >= 4 is 5.91 Å². The molecule has 2 fully saturated rings. The molecule has 4 rings (SSSR count). The van der Waals surface area contributed by atoms with Crippen LogP contribution >= 0.6 is 0 Å². The lowest BCUT2D eigenvalue weighted by Crippen LogP contribution is -2.48. The lowest BCUT2D eigenvalue weighted by molar-refractivity contribution is 0.0658. The first kappa shape index (κ1) is 21.8. The minimum atomic E-state index is -0.159. The summed E-state index contributed by atoms with van der Waals surface area (Å²) in [5, 5.41) is 0. The molecule has 166 valence electrons. The van der Waals surface area contributed by atoms with Gasteiger partial charge >= 0.3 is 0 Å². The van der Waals surface area contributed by atoms with E-state index in [1.54, 1.807) is 6.07 Å². The molecule has 2 aliphatic rings. The largest absolute Gasteiger partial charge is 0.376 e. The highest BCUT2D eigenvalue weighted by Gasteiger charge is 2.28. The highest BCUT2D eigenvalue weighted by Crippen LogP contribution is 2.20. The minimum Gasteiger partial charge on any atom is -0.376 e. The Morgan fingerprint density at radius 3 is 2.52 bits per heavy atom. The van der Waals surface area contributed by atoms with Crippen LogP contribution in [0.2, 0.25) is 0 Å². The summed E-state index contributed by atoms with van der Waals surface area (Å²) in [7, 11) is 2.06. The molecule has 0 N–H and O–H groups in total. The highest BCUT2D eigenvalue weighted by atomic mass is 16.5. The number of carbonyl (C=O) groups excluding carboxylic acids is 1. The summed E-state index contributed by atoms with van der Waals surface area (Å²) >= 11 is 0. The van der Waals surface area contributed by atoms with E-state index in [-0.39, 0.29) is 17.4 Å². The molecule has 2 aromatic rings. The molecular formula is C25H33N3O3. The third-order valence-electron chi connectivity index (χ3n) is 6.53. The van der Waals surface area contributed by atoms with Gasteiger partial charge in [0.05, 0.1) is 6.10 Å². The second kappa shape index (κ2) is 9.79. The molecule has 1 aromatic carbocycles. The fourth-order valence-electron chi connectivity index (χ4n) is 4.64. The fourth-order valence-corrected chi connectivity index (χ4v) is 4.64. The van der Waals surface area contributed by atoms with Crippen LogP contribution in [0.3, 0.4) is 0 Å². The van der Waals surface area contributed by atoms with Crippen molar-refractivity contribution in [1.82, 2.24) is 14.4 Å². The fraction of sp³-hybridized carbons (Fsp3) is 0.520. The molecule has 1 aromatic heterocycles. The SMILES string of the molecule is Cc1cc(=O)c(C(=O)N2CCN(C)CC2)c(CCc2ccccc2)n1C[C@@H]1CCCO1. The Morgan fingerprint density at radius 1 is 1.10 bits per heavy atom. The summed E-state index contributed by atoms with van der Waals surface area (Å²) < 4.78 is 8.06. The molecular weight excluding hydrogens is 390 g/mol. The first-order chi connectivity index (χ1) is 15.0. The normalized spacial score (nSPS) is 19.7. The van der Waals surface area contributed by atoms with Gasteiger partial charge in [-0.3, -0.25) is 9.59 Å². The average Bonchev–Trinajstić information content (AvgIpc) is 3.28. The van der Waals surface area contributed by atoms with Crippen molar-refractivity contribution in [2.45, 2.75) is 45.3 Å². The van der Waals surface area contributed by atoms with Gasteiger partial charge in [-0.15, -0.1) is 0 Å². The zero-order valence-electron chi connectivity index (χ0n) is 18.7. The number of aromatic nitrogens is 1. The summed E-state index contributed by atoms with van der Waals surface area (Å²) in [4.78, 5) is 30.7. The van der Waals surface area contributed by atoms with Crippen LogP contribution in [0.25, 0.3) is 0 Å². The maximum atomic E-state index is 13.5. The van der Waals surface area contributed by atoms with Crippen LogP contribution in [0.5, 0.6) is 0 Å². The number of pyridine rings is 1. The third kappa shape index (κ3) is 5.08. The van der Waals surface area contributed by atoms with Gasteiger partial charge in [0.2, 0.25) is 0 Å². The monoisotopic (exact) mass is 423 g/mol. The Hall–Kier alpha value is -2.44. The number of nitrogens with zero attached hydrogens (tertiary/aromatic N) is 3. The molecule has 6 heteroatoms. The second-order valence-electron chi connectivity index (χ2n) is 8.80. The number of piperazine rings is 1. The van der Waals surface area contributed by atoms with E-state index in [0.29, 0.717) is 31.6 Å². The minimum absolute atomic E-state index is 0.123. The number of amides is 1. The van der Waals surface area contributed by atoms with Crippen molar-refractivity contribution < 1.29 is 9.53 Å². The van der Waals surface area contributed by atoms with Gasteiger partial charge in [-0.25, -0.2) is 0 Å². The molecule has 0 unspecified atom stereocenters. The number of ether oxygens (including phenoxy) is 1. The van der Waals surface area contributed by atoms with Gasteiger partial charge in [0.25, 0.3) is 5.91 Å². The van der Waals surface area contributed by atoms with Crippen LogP contribution in [0, 0.1) is 6.92 Å². The molecule has 0 bridgehead atoms. The molecule has 1 amide bonds. The predicted octanol–water partition coefficient (Wildman–Crippen LogP) is 2.51. The molecule has 2 aliphatic heterocycles. The molecule has 0 saturated carbocycles. The lowest BCUT2D eigenvalue weighted by Gasteiger charge is -2.33. The summed E-state index contributed by atoms with van der Waals surface area (Å²) in [6, 6.07) is 11.9. The van der Waals surface area contributed by atoms with E-state index in [4.69, 9.17) is 4.74 Å². The topological polar surface area (TPSA) is 54.8 Å². The second-order valence-corrected chi connectivity index (χ2v) is 8.80. The number of hydrogen-bond donors (Lipinski definition) is 0. The van der Waals surface area contributed by atoms with Crippen LogP contribution in [0.1, 0.15) is 40.2 Å². The van der Waals surface area contributed by atoms with Gasteiger partial charge in [-0.2, -0.15) is 0 Å². The van der Waals surface area contributed by atoms with Gasteiger partial charge in [0.15, 0.2) is 5.43 Å². The highest BCUT2D eigenvalue weighted by molar-refractivity contribution is 5.95. The van der Waals surface area contributed by atoms with Gasteiger partial charge in [0, 0.05) is 56.8 Å². The van der Waals surface area contributed by atoms with Crippen molar-refractivity contribution in [3.05, 3.63) is 69.1 Å². The first-order valence-corrected chi connectivity index (χ1v) is 11.4. The average molecular weight is 424 g/mol. The molecule has 6 nitrogen and oxygen atoms in total. The van der Waals surface area contributed by atoms with E-state index in [9.17, 15) is 9.59 Å². The van der Waals surface area contributed by atoms with Crippen LogP contribution in [0.4, 0.5) is 0 Å². The van der Waals surface area contributed by atoms with Gasteiger partial charge in [-0.1, -0.05) is 30.3 Å². The first-order valence-electron chi connectivity index (χ1n) is 11.4. The van der Waals surface area contributed by atoms with E-state index in [0.717, 1.165) is 50.3 Å². The zero-order chi connectivity index (χ0) is 21.8. The third-order valence-corrected chi connectivity index (χ3v) is 6.53. The van der Waals surface area contributed by atoms with Crippen molar-refractivity contribution in [3.8, 4) is 0 Å². The van der Waals surface area contributed by atoms with Crippen molar-refractivity contribution in [2.75, 3.05) is 39.8 Å². The Bertz CT molecular complexity index is 956. The van der Waals surface area contributed by atoms with Gasteiger partial charge < -0.3 is 19.1 Å².